The van der Waals surface area contributed by atoms with Gasteiger partial charge in [0.05, 0.1) is 11.1 Å². The molecule has 0 atom stereocenters. The van der Waals surface area contributed by atoms with Gasteiger partial charge in [0, 0.05) is 18.6 Å². The molecule has 0 aliphatic carbocycles. The number of benzene rings is 2. The van der Waals surface area contributed by atoms with Crippen LogP contribution >= 0.6 is 0 Å². The van der Waals surface area contributed by atoms with Gasteiger partial charge in [-0.15, -0.1) is 0 Å². The number of esters is 1. The molecule has 0 aromatic heterocycles. The molecule has 0 radical (unpaired) electrons. The molecule has 2 aromatic carbocycles. The zero-order chi connectivity index (χ0) is 20.0. The van der Waals surface area contributed by atoms with Crippen LogP contribution in [-0.2, 0) is 19.1 Å². The van der Waals surface area contributed by atoms with Crippen LogP contribution in [0.4, 0.5) is 5.69 Å². The molecular weight excluding hydrogens is 342 g/mol. The molecule has 140 valence electrons. The van der Waals surface area contributed by atoms with Crippen molar-refractivity contribution in [2.75, 3.05) is 4.90 Å². The lowest BCUT2D eigenvalue weighted by Crippen LogP contribution is -2.34. The summed E-state index contributed by atoms with van der Waals surface area (Å²) in [5, 5.41) is 0. The molecule has 2 amide bonds. The Kier molecular flexibility index (Phi) is 6.29. The molecule has 0 aliphatic rings. The molecule has 0 saturated carbocycles. The molecule has 2 rings (SSSR count). The molecule has 0 aliphatic heterocycles. The quantitative estimate of drug-likeness (QED) is 0.463. The van der Waals surface area contributed by atoms with E-state index in [-0.39, 0.29) is 5.76 Å². The van der Waals surface area contributed by atoms with Crippen molar-refractivity contribution < 1.29 is 19.1 Å². The summed E-state index contributed by atoms with van der Waals surface area (Å²) in [6.07, 6.45) is 1.17. The second-order valence-corrected chi connectivity index (χ2v) is 7.04. The highest BCUT2D eigenvalue weighted by Crippen LogP contribution is 2.24. The molecule has 2 aromatic rings. The third kappa shape index (κ3) is 5.38. The summed E-state index contributed by atoms with van der Waals surface area (Å²) in [5.74, 6) is -1.39. The maximum absolute atomic E-state index is 12.8. The van der Waals surface area contributed by atoms with Gasteiger partial charge in [0.2, 0.25) is 5.91 Å². The van der Waals surface area contributed by atoms with Crippen LogP contribution in [0.25, 0.3) is 5.76 Å². The van der Waals surface area contributed by atoms with Gasteiger partial charge in [-0.3, -0.25) is 14.4 Å². The minimum Gasteiger partial charge on any atom is -0.425 e. The monoisotopic (exact) mass is 365 g/mol. The fourth-order valence-corrected chi connectivity index (χ4v) is 2.25. The Hall–Kier alpha value is -3.21. The summed E-state index contributed by atoms with van der Waals surface area (Å²) in [5.41, 5.74) is 0.275. The third-order valence-electron chi connectivity index (χ3n) is 3.68. The Morgan fingerprint density at radius 2 is 1.41 bits per heavy atom. The molecule has 0 bridgehead atoms. The predicted octanol–water partition coefficient (Wildman–Crippen LogP) is 4.20. The lowest BCUT2D eigenvalue weighted by Gasteiger charge is -2.20. The van der Waals surface area contributed by atoms with Crippen molar-refractivity contribution in [3.8, 4) is 0 Å². The SMILES string of the molecule is CC(=O)N(C(=O)/C=C(/OC(=O)C(C)(C)C)c1ccccc1)c1ccccc1. The van der Waals surface area contributed by atoms with Gasteiger partial charge >= 0.3 is 5.97 Å². The van der Waals surface area contributed by atoms with Crippen molar-refractivity contribution in [2.45, 2.75) is 27.7 Å². The van der Waals surface area contributed by atoms with E-state index in [0.29, 0.717) is 11.3 Å². The number of carbonyl (C=O) groups is 3. The van der Waals surface area contributed by atoms with Gasteiger partial charge in [-0.1, -0.05) is 48.5 Å². The Labute approximate surface area is 159 Å². The largest absolute Gasteiger partial charge is 0.425 e. The molecule has 0 N–H and O–H groups in total. The van der Waals surface area contributed by atoms with E-state index >= 15 is 0 Å². The molecule has 5 nitrogen and oxygen atoms in total. The van der Waals surface area contributed by atoms with Crippen LogP contribution in [0.1, 0.15) is 33.3 Å². The fourth-order valence-electron chi connectivity index (χ4n) is 2.25. The second-order valence-electron chi connectivity index (χ2n) is 7.04. The van der Waals surface area contributed by atoms with Crippen LogP contribution in [-0.4, -0.2) is 17.8 Å². The van der Waals surface area contributed by atoms with E-state index in [0.717, 1.165) is 4.90 Å². The Morgan fingerprint density at radius 1 is 0.889 bits per heavy atom. The van der Waals surface area contributed by atoms with E-state index < -0.39 is 23.2 Å². The topological polar surface area (TPSA) is 63.7 Å². The minimum atomic E-state index is -0.739. The van der Waals surface area contributed by atoms with E-state index in [1.165, 1.54) is 13.0 Å². The van der Waals surface area contributed by atoms with Crippen molar-refractivity contribution >= 4 is 29.2 Å². The average molecular weight is 365 g/mol. The number of nitrogens with zero attached hydrogens (tertiary/aromatic N) is 1. The Morgan fingerprint density at radius 3 is 1.89 bits per heavy atom. The highest BCUT2D eigenvalue weighted by Gasteiger charge is 2.26. The first-order chi connectivity index (χ1) is 12.7. The minimum absolute atomic E-state index is 0.0997. The van der Waals surface area contributed by atoms with Crippen molar-refractivity contribution in [1.29, 1.82) is 0 Å². The van der Waals surface area contributed by atoms with Crippen LogP contribution < -0.4 is 4.90 Å². The zero-order valence-corrected chi connectivity index (χ0v) is 15.9. The van der Waals surface area contributed by atoms with Crippen molar-refractivity contribution in [1.82, 2.24) is 0 Å². The first kappa shape index (κ1) is 20.1. The maximum atomic E-state index is 12.8. The first-order valence-electron chi connectivity index (χ1n) is 8.59. The number of carbonyl (C=O) groups excluding carboxylic acids is 3. The summed E-state index contributed by atoms with van der Waals surface area (Å²) in [6.45, 7) is 6.49. The van der Waals surface area contributed by atoms with Gasteiger partial charge in [-0.25, -0.2) is 4.90 Å². The van der Waals surface area contributed by atoms with Crippen molar-refractivity contribution in [3.63, 3.8) is 0 Å². The molecule has 5 heteroatoms. The predicted molar refractivity (Wildman–Crippen MR) is 105 cm³/mol. The molecule has 0 saturated heterocycles. The maximum Gasteiger partial charge on any atom is 0.316 e. The average Bonchev–Trinajstić information content (AvgIpc) is 2.61. The number of amides is 2. The van der Waals surface area contributed by atoms with Crippen LogP contribution in [0, 0.1) is 5.41 Å². The van der Waals surface area contributed by atoms with Crippen molar-refractivity contribution in [3.05, 3.63) is 72.3 Å². The summed E-state index contributed by atoms with van der Waals surface area (Å²) >= 11 is 0. The Bertz CT molecular complexity index is 849. The van der Waals surface area contributed by atoms with Crippen LogP contribution in [0.5, 0.6) is 0 Å². The zero-order valence-electron chi connectivity index (χ0n) is 15.9. The van der Waals surface area contributed by atoms with Gasteiger partial charge in [-0.05, 0) is 32.9 Å². The van der Waals surface area contributed by atoms with Gasteiger partial charge in [0.1, 0.15) is 5.76 Å². The Balaban J connectivity index is 2.44. The number of anilines is 1. The van der Waals surface area contributed by atoms with Gasteiger partial charge in [-0.2, -0.15) is 0 Å². The molecule has 0 heterocycles. The molecule has 0 spiro atoms. The smallest absolute Gasteiger partial charge is 0.316 e. The highest BCUT2D eigenvalue weighted by atomic mass is 16.5. The second kappa shape index (κ2) is 8.45. The molecule has 0 unspecified atom stereocenters. The lowest BCUT2D eigenvalue weighted by atomic mass is 9.97. The summed E-state index contributed by atoms with van der Waals surface area (Å²) in [6, 6.07) is 17.4. The van der Waals surface area contributed by atoms with E-state index in [1.807, 2.05) is 6.07 Å². The molecule has 27 heavy (non-hydrogen) atoms. The lowest BCUT2D eigenvalue weighted by molar-refractivity contribution is -0.145. The number of para-hydroxylation sites is 1. The summed E-state index contributed by atoms with van der Waals surface area (Å²) in [4.78, 5) is 38.3. The third-order valence-corrected chi connectivity index (χ3v) is 3.68. The molecular formula is C22H23NO4. The first-order valence-corrected chi connectivity index (χ1v) is 8.59. The van der Waals surface area contributed by atoms with E-state index in [2.05, 4.69) is 0 Å². The van der Waals surface area contributed by atoms with Crippen LogP contribution in [0.15, 0.2) is 66.7 Å². The van der Waals surface area contributed by atoms with Crippen LogP contribution in [0.3, 0.4) is 0 Å². The highest BCUT2D eigenvalue weighted by molar-refractivity contribution is 6.19. The summed E-state index contributed by atoms with van der Waals surface area (Å²) < 4.78 is 5.50. The van der Waals surface area contributed by atoms with E-state index in [4.69, 9.17) is 4.74 Å². The van der Waals surface area contributed by atoms with Crippen LogP contribution in [0.2, 0.25) is 0 Å². The van der Waals surface area contributed by atoms with E-state index in [9.17, 15) is 14.4 Å². The standard InChI is InChI=1S/C22H23NO4/c1-16(24)23(18-13-9-6-10-14-18)20(25)15-19(17-11-7-5-8-12-17)27-21(26)22(2,3)4/h5-15H,1-4H3/b19-15+. The van der Waals surface area contributed by atoms with Crippen molar-refractivity contribution in [2.24, 2.45) is 5.41 Å². The van der Waals surface area contributed by atoms with Gasteiger partial charge < -0.3 is 4.74 Å². The summed E-state index contributed by atoms with van der Waals surface area (Å²) in [7, 11) is 0. The number of hydrogen-bond acceptors (Lipinski definition) is 4. The number of ether oxygens (including phenoxy) is 1. The fraction of sp³-hybridized carbons (Fsp3) is 0.227. The normalized spacial score (nSPS) is 11.6. The number of imide groups is 1. The number of hydrogen-bond donors (Lipinski definition) is 0. The van der Waals surface area contributed by atoms with E-state index in [1.54, 1.807) is 75.4 Å². The van der Waals surface area contributed by atoms with Gasteiger partial charge in [0.15, 0.2) is 0 Å². The molecule has 0 fully saturated rings. The van der Waals surface area contributed by atoms with Gasteiger partial charge in [0.25, 0.3) is 5.91 Å². The number of rotatable bonds is 4.